The zero-order valence-electron chi connectivity index (χ0n) is 8.32. The summed E-state index contributed by atoms with van der Waals surface area (Å²) in [5.74, 6) is -1.47. The minimum atomic E-state index is -0.439. The summed E-state index contributed by atoms with van der Waals surface area (Å²) < 4.78 is 0. The second-order valence-corrected chi connectivity index (χ2v) is 3.88. The summed E-state index contributed by atoms with van der Waals surface area (Å²) in [5, 5.41) is 4.96. The number of fused-ring (bicyclic) bond motifs is 1. The van der Waals surface area contributed by atoms with E-state index in [1.54, 1.807) is 6.08 Å². The summed E-state index contributed by atoms with van der Waals surface area (Å²) >= 11 is 0. The van der Waals surface area contributed by atoms with Gasteiger partial charge in [0.15, 0.2) is 0 Å². The van der Waals surface area contributed by atoms with Crippen molar-refractivity contribution in [1.29, 1.82) is 0 Å². The maximum Gasteiger partial charge on any atom is 0.232 e. The van der Waals surface area contributed by atoms with E-state index < -0.39 is 5.92 Å². The summed E-state index contributed by atoms with van der Waals surface area (Å²) in [6, 6.07) is -0.354. The van der Waals surface area contributed by atoms with Crippen LogP contribution < -0.4 is 10.6 Å². The van der Waals surface area contributed by atoms with Gasteiger partial charge in [0.2, 0.25) is 17.7 Å². The fourth-order valence-electron chi connectivity index (χ4n) is 2.17. The van der Waals surface area contributed by atoms with E-state index in [0.29, 0.717) is 6.42 Å². The van der Waals surface area contributed by atoms with Crippen LogP contribution in [0.3, 0.4) is 0 Å². The molecule has 5 heteroatoms. The van der Waals surface area contributed by atoms with E-state index in [1.165, 1.54) is 6.92 Å². The highest BCUT2D eigenvalue weighted by Crippen LogP contribution is 2.30. The van der Waals surface area contributed by atoms with E-state index in [-0.39, 0.29) is 29.7 Å². The highest BCUT2D eigenvalue weighted by molar-refractivity contribution is 6.06. The van der Waals surface area contributed by atoms with Gasteiger partial charge < -0.3 is 5.32 Å². The second kappa shape index (κ2) is 3.49. The first kappa shape index (κ1) is 9.89. The van der Waals surface area contributed by atoms with Gasteiger partial charge in [-0.25, -0.2) is 0 Å². The zero-order valence-corrected chi connectivity index (χ0v) is 8.32. The number of rotatable bonds is 1. The summed E-state index contributed by atoms with van der Waals surface area (Å²) in [6.45, 7) is 1.39. The molecule has 1 saturated heterocycles. The molecule has 0 aromatic heterocycles. The Balaban J connectivity index is 2.22. The van der Waals surface area contributed by atoms with Crippen LogP contribution in [-0.4, -0.2) is 23.8 Å². The molecule has 0 spiro atoms. The highest BCUT2D eigenvalue weighted by Gasteiger charge is 2.46. The summed E-state index contributed by atoms with van der Waals surface area (Å²) in [4.78, 5) is 33.8. The first-order valence-corrected chi connectivity index (χ1v) is 4.88. The molecule has 1 aliphatic carbocycles. The second-order valence-electron chi connectivity index (χ2n) is 3.88. The molecule has 0 bridgehead atoms. The predicted molar refractivity (Wildman–Crippen MR) is 51.5 cm³/mol. The van der Waals surface area contributed by atoms with Gasteiger partial charge in [-0.15, -0.1) is 0 Å². The van der Waals surface area contributed by atoms with Gasteiger partial charge >= 0.3 is 0 Å². The molecule has 1 aliphatic heterocycles. The lowest BCUT2D eigenvalue weighted by Gasteiger charge is -2.26. The summed E-state index contributed by atoms with van der Waals surface area (Å²) in [5.41, 5.74) is 0. The van der Waals surface area contributed by atoms with Gasteiger partial charge in [0, 0.05) is 6.92 Å². The molecular weight excluding hydrogens is 196 g/mol. The predicted octanol–water partition coefficient (Wildman–Crippen LogP) is -0.660. The van der Waals surface area contributed by atoms with Crippen molar-refractivity contribution >= 4 is 17.7 Å². The molecule has 0 saturated carbocycles. The molecule has 3 atom stereocenters. The third-order valence-corrected chi connectivity index (χ3v) is 2.81. The Bertz CT molecular complexity index is 362. The van der Waals surface area contributed by atoms with E-state index in [9.17, 15) is 14.4 Å². The van der Waals surface area contributed by atoms with Gasteiger partial charge in [-0.2, -0.15) is 0 Å². The molecule has 2 N–H and O–H groups in total. The molecule has 0 radical (unpaired) electrons. The Morgan fingerprint density at radius 1 is 1.47 bits per heavy atom. The molecule has 1 heterocycles. The standard InChI is InChI=1S/C10H12N2O3/c1-5(13)11-7-4-2-3-6-8(7)10(15)12-9(6)14/h2,4,6-8H,3H2,1H3,(H,11,13)(H,12,14,15). The van der Waals surface area contributed by atoms with Crippen LogP contribution in [0.15, 0.2) is 12.2 Å². The number of hydrogen-bond acceptors (Lipinski definition) is 3. The van der Waals surface area contributed by atoms with Crippen molar-refractivity contribution in [3.63, 3.8) is 0 Å². The van der Waals surface area contributed by atoms with Gasteiger partial charge in [-0.1, -0.05) is 12.2 Å². The fraction of sp³-hybridized carbons (Fsp3) is 0.500. The lowest BCUT2D eigenvalue weighted by Crippen LogP contribution is -2.44. The van der Waals surface area contributed by atoms with Crippen LogP contribution in [0.1, 0.15) is 13.3 Å². The molecule has 0 aromatic carbocycles. The third kappa shape index (κ3) is 1.65. The van der Waals surface area contributed by atoms with Gasteiger partial charge in [0.05, 0.1) is 17.9 Å². The topological polar surface area (TPSA) is 75.3 Å². The highest BCUT2D eigenvalue weighted by atomic mass is 16.2. The number of nitrogens with one attached hydrogen (secondary N) is 2. The van der Waals surface area contributed by atoms with Crippen molar-refractivity contribution in [3.05, 3.63) is 12.2 Å². The first-order valence-electron chi connectivity index (χ1n) is 4.88. The first-order chi connectivity index (χ1) is 7.09. The summed E-state index contributed by atoms with van der Waals surface area (Å²) in [6.07, 6.45) is 4.18. The molecule has 3 amide bonds. The molecule has 1 fully saturated rings. The Hall–Kier alpha value is -1.65. The van der Waals surface area contributed by atoms with Crippen molar-refractivity contribution in [2.75, 3.05) is 0 Å². The molecule has 3 unspecified atom stereocenters. The molecule has 2 rings (SSSR count). The fourth-order valence-corrected chi connectivity index (χ4v) is 2.17. The van der Waals surface area contributed by atoms with Crippen molar-refractivity contribution in [2.45, 2.75) is 19.4 Å². The molecule has 5 nitrogen and oxygen atoms in total. The average molecular weight is 208 g/mol. The number of carbonyl (C=O) groups is 3. The van der Waals surface area contributed by atoms with E-state index >= 15 is 0 Å². The van der Waals surface area contributed by atoms with E-state index in [0.717, 1.165) is 0 Å². The Kier molecular flexibility index (Phi) is 2.30. The maximum absolute atomic E-state index is 11.5. The van der Waals surface area contributed by atoms with Crippen LogP contribution in [0.5, 0.6) is 0 Å². The molecule has 80 valence electrons. The minimum Gasteiger partial charge on any atom is -0.349 e. The van der Waals surface area contributed by atoms with E-state index in [4.69, 9.17) is 0 Å². The monoisotopic (exact) mass is 208 g/mol. The van der Waals surface area contributed by atoms with Crippen molar-refractivity contribution in [1.82, 2.24) is 10.6 Å². The number of carbonyl (C=O) groups excluding carboxylic acids is 3. The van der Waals surface area contributed by atoms with Gasteiger partial charge in [-0.3, -0.25) is 19.7 Å². The zero-order chi connectivity index (χ0) is 11.0. The van der Waals surface area contributed by atoms with Crippen LogP contribution in [0.2, 0.25) is 0 Å². The van der Waals surface area contributed by atoms with Crippen LogP contribution in [0.25, 0.3) is 0 Å². The number of hydrogen-bond donors (Lipinski definition) is 2. The molecular formula is C10H12N2O3. The van der Waals surface area contributed by atoms with Crippen LogP contribution >= 0.6 is 0 Å². The molecule has 15 heavy (non-hydrogen) atoms. The average Bonchev–Trinajstić information content (AvgIpc) is 2.43. The lowest BCUT2D eigenvalue weighted by molar-refractivity contribution is -0.126. The Morgan fingerprint density at radius 3 is 2.87 bits per heavy atom. The normalized spacial score (nSPS) is 33.5. The van der Waals surface area contributed by atoms with Crippen LogP contribution in [0, 0.1) is 11.8 Å². The van der Waals surface area contributed by atoms with Crippen LogP contribution in [0.4, 0.5) is 0 Å². The van der Waals surface area contributed by atoms with Crippen molar-refractivity contribution in [3.8, 4) is 0 Å². The molecule has 2 aliphatic rings. The summed E-state index contributed by atoms with van der Waals surface area (Å²) in [7, 11) is 0. The Labute approximate surface area is 86.9 Å². The van der Waals surface area contributed by atoms with Gasteiger partial charge in [0.1, 0.15) is 0 Å². The number of imide groups is 1. The van der Waals surface area contributed by atoms with E-state index in [2.05, 4.69) is 10.6 Å². The van der Waals surface area contributed by atoms with Crippen molar-refractivity contribution < 1.29 is 14.4 Å². The minimum absolute atomic E-state index is 0.197. The van der Waals surface area contributed by atoms with Crippen molar-refractivity contribution in [2.24, 2.45) is 11.8 Å². The SMILES string of the molecule is CC(=O)NC1C=CCC2C(=O)NC(=O)C12. The van der Waals surface area contributed by atoms with Gasteiger partial charge in [-0.05, 0) is 6.42 Å². The third-order valence-electron chi connectivity index (χ3n) is 2.81. The number of allylic oxidation sites excluding steroid dienone is 1. The van der Waals surface area contributed by atoms with Crippen LogP contribution in [-0.2, 0) is 14.4 Å². The molecule has 0 aromatic rings. The smallest absolute Gasteiger partial charge is 0.232 e. The number of amides is 3. The maximum atomic E-state index is 11.5. The van der Waals surface area contributed by atoms with Gasteiger partial charge in [0.25, 0.3) is 0 Å². The van der Waals surface area contributed by atoms with E-state index in [1.807, 2.05) is 6.08 Å². The lowest BCUT2D eigenvalue weighted by atomic mass is 9.81. The Morgan fingerprint density at radius 2 is 2.20 bits per heavy atom. The quantitative estimate of drug-likeness (QED) is 0.443. The largest absolute Gasteiger partial charge is 0.349 e.